The van der Waals surface area contributed by atoms with Crippen LogP contribution in [0.25, 0.3) is 0 Å². The maximum Gasteiger partial charge on any atom is 0.410 e. The van der Waals surface area contributed by atoms with E-state index in [1.807, 2.05) is 27.7 Å². The highest BCUT2D eigenvalue weighted by Gasteiger charge is 2.41. The largest absolute Gasteiger partial charge is 0.444 e. The van der Waals surface area contributed by atoms with Gasteiger partial charge < -0.3 is 25.6 Å². The highest BCUT2D eigenvalue weighted by Crippen LogP contribution is 2.30. The molecule has 0 aromatic heterocycles. The van der Waals surface area contributed by atoms with Crippen LogP contribution in [0, 0.1) is 0 Å². The van der Waals surface area contributed by atoms with E-state index >= 15 is 0 Å². The number of rotatable bonds is 6. The molecule has 3 amide bonds. The van der Waals surface area contributed by atoms with Crippen LogP contribution < -0.4 is 16.0 Å². The lowest BCUT2D eigenvalue weighted by Gasteiger charge is -2.36. The monoisotopic (exact) mass is 480 g/mol. The van der Waals surface area contributed by atoms with Crippen LogP contribution in [0.2, 0.25) is 0 Å². The zero-order valence-corrected chi connectivity index (χ0v) is 20.9. The molecular weight excluding hydrogens is 443 g/mol. The Morgan fingerprint density at radius 2 is 1.58 bits per heavy atom. The lowest BCUT2D eigenvalue weighted by Crippen LogP contribution is -2.53. The van der Waals surface area contributed by atoms with Gasteiger partial charge in [-0.15, -0.1) is 23.2 Å². The average Bonchev–Trinajstić information content (AvgIpc) is 3.30. The summed E-state index contributed by atoms with van der Waals surface area (Å²) >= 11 is 10.8. The van der Waals surface area contributed by atoms with Gasteiger partial charge >= 0.3 is 6.09 Å². The van der Waals surface area contributed by atoms with Gasteiger partial charge in [-0.1, -0.05) is 0 Å². The summed E-state index contributed by atoms with van der Waals surface area (Å²) in [5.41, 5.74) is -0.828. The van der Waals surface area contributed by atoms with Crippen LogP contribution in [0.4, 0.5) is 4.79 Å². The second kappa shape index (κ2) is 12.1. The van der Waals surface area contributed by atoms with Crippen LogP contribution in [-0.2, 0) is 14.3 Å². The predicted molar refractivity (Wildman–Crippen MR) is 124 cm³/mol. The molecule has 2 heterocycles. The van der Waals surface area contributed by atoms with E-state index in [0.29, 0.717) is 19.6 Å². The molecule has 31 heavy (non-hydrogen) atoms. The highest BCUT2D eigenvalue weighted by atomic mass is 35.5. The summed E-state index contributed by atoms with van der Waals surface area (Å²) in [7, 11) is 0. The minimum atomic E-state index is -0.514. The lowest BCUT2D eigenvalue weighted by molar-refractivity contribution is -0.119. The predicted octanol–water partition coefficient (Wildman–Crippen LogP) is 2.61. The van der Waals surface area contributed by atoms with E-state index in [-0.39, 0.29) is 35.2 Å². The number of halogens is 2. The van der Waals surface area contributed by atoms with Crippen LogP contribution >= 0.6 is 23.2 Å². The van der Waals surface area contributed by atoms with Crippen LogP contribution in [0.15, 0.2) is 0 Å². The van der Waals surface area contributed by atoms with Gasteiger partial charge in [0.25, 0.3) is 0 Å². The van der Waals surface area contributed by atoms with Crippen molar-refractivity contribution in [3.63, 3.8) is 0 Å². The number of alkyl halides is 2. The molecule has 180 valence electrons. The van der Waals surface area contributed by atoms with Gasteiger partial charge in [-0.2, -0.15) is 0 Å². The smallest absolute Gasteiger partial charge is 0.410 e. The lowest BCUT2D eigenvalue weighted by atomic mass is 9.99. The number of nitrogens with one attached hydrogen (secondary N) is 3. The minimum Gasteiger partial charge on any atom is -0.444 e. The molecule has 2 fully saturated rings. The van der Waals surface area contributed by atoms with Crippen molar-refractivity contribution in [1.82, 2.24) is 20.9 Å². The molecule has 3 N–H and O–H groups in total. The number of nitrogens with zero attached hydrogens (tertiary/aromatic N) is 1. The Bertz CT molecular complexity index is 621. The molecule has 0 spiro atoms. The molecule has 2 aliphatic rings. The summed E-state index contributed by atoms with van der Waals surface area (Å²) in [6, 6.07) is 0. The van der Waals surface area contributed by atoms with Crippen LogP contribution in [0.5, 0.6) is 0 Å². The molecule has 0 saturated carbocycles. The summed E-state index contributed by atoms with van der Waals surface area (Å²) in [4.78, 5) is 35.9. The topological polar surface area (TPSA) is 99.8 Å². The third-order valence-corrected chi connectivity index (χ3v) is 5.89. The summed E-state index contributed by atoms with van der Waals surface area (Å²) in [5, 5.41) is 8.88. The average molecular weight is 481 g/mol. The van der Waals surface area contributed by atoms with E-state index in [4.69, 9.17) is 27.9 Å². The molecule has 0 aromatic carbocycles. The van der Waals surface area contributed by atoms with E-state index in [0.717, 1.165) is 25.8 Å². The first kappa shape index (κ1) is 27.8. The second-order valence-electron chi connectivity index (χ2n) is 9.64. The first-order chi connectivity index (χ1) is 14.3. The fraction of sp³-hybridized carbons (Fsp3) is 0.857. The maximum atomic E-state index is 12.2. The number of hydrogen-bond donors (Lipinski definition) is 3. The molecule has 2 rings (SSSR count). The van der Waals surface area contributed by atoms with E-state index in [1.54, 1.807) is 4.90 Å². The number of likely N-dealkylation sites (tertiary alicyclic amines) is 1. The van der Waals surface area contributed by atoms with Crippen molar-refractivity contribution in [2.24, 2.45) is 0 Å². The van der Waals surface area contributed by atoms with E-state index in [2.05, 4.69) is 22.9 Å². The number of hydrogen-bond acceptors (Lipinski definition) is 5. The Labute approximate surface area is 196 Å². The first-order valence-corrected chi connectivity index (χ1v) is 11.8. The summed E-state index contributed by atoms with van der Waals surface area (Å²) in [5.74, 6) is -0.330. The van der Waals surface area contributed by atoms with Gasteiger partial charge in [0, 0.05) is 25.2 Å². The first-order valence-electron chi connectivity index (χ1n) is 10.8. The van der Waals surface area contributed by atoms with Crippen LogP contribution in [-0.4, -0.2) is 77.4 Å². The molecule has 2 unspecified atom stereocenters. The number of ether oxygens (including phenoxy) is 1. The molecule has 2 saturated heterocycles. The standard InChI is InChI=1S/C13H23ClN2O3.C8H15ClN2O/c1-12(2,3)19-11(18)16-7-5-6-13(16,4)9-15-10(17)8-14;1-8(3-2-4-11-8)6-10-7(12)5-9/h5-9H2,1-4H3,(H,15,17);11H,2-6H2,1H3,(H,10,12). The zero-order chi connectivity index (χ0) is 23.7. The Morgan fingerprint density at radius 1 is 1.00 bits per heavy atom. The van der Waals surface area contributed by atoms with Gasteiger partial charge in [0.05, 0.1) is 5.54 Å². The van der Waals surface area contributed by atoms with Crippen molar-refractivity contribution < 1.29 is 19.1 Å². The molecule has 0 aliphatic carbocycles. The molecule has 2 aliphatic heterocycles. The second-order valence-corrected chi connectivity index (χ2v) is 10.2. The summed E-state index contributed by atoms with van der Waals surface area (Å²) in [6.45, 7) is 12.4. The number of carbonyl (C=O) groups excluding carboxylic acids is 3. The zero-order valence-electron chi connectivity index (χ0n) is 19.4. The molecule has 0 bridgehead atoms. The quantitative estimate of drug-likeness (QED) is 0.507. The third-order valence-electron chi connectivity index (χ3n) is 5.40. The molecule has 10 heteroatoms. The van der Waals surface area contributed by atoms with Crippen molar-refractivity contribution in [3.05, 3.63) is 0 Å². The fourth-order valence-electron chi connectivity index (χ4n) is 3.62. The van der Waals surface area contributed by atoms with Gasteiger partial charge in [-0.3, -0.25) is 9.59 Å². The SMILES string of the molecule is CC(C)(C)OC(=O)N1CCCC1(C)CNC(=O)CCl.CC1(CNC(=O)CCl)CCCN1. The Hall–Kier alpha value is -1.25. The van der Waals surface area contributed by atoms with E-state index in [1.165, 1.54) is 6.42 Å². The van der Waals surface area contributed by atoms with Gasteiger partial charge in [0.15, 0.2) is 0 Å². The Kier molecular flexibility index (Phi) is 10.9. The van der Waals surface area contributed by atoms with Crippen LogP contribution in [0.3, 0.4) is 0 Å². The molecule has 8 nitrogen and oxygen atoms in total. The van der Waals surface area contributed by atoms with Gasteiger partial charge in [0.2, 0.25) is 11.8 Å². The van der Waals surface area contributed by atoms with Crippen molar-refractivity contribution in [1.29, 1.82) is 0 Å². The number of carbonyl (C=O) groups is 3. The van der Waals surface area contributed by atoms with Crippen molar-refractivity contribution in [2.45, 2.75) is 77.0 Å². The van der Waals surface area contributed by atoms with Crippen molar-refractivity contribution >= 4 is 41.1 Å². The van der Waals surface area contributed by atoms with Crippen molar-refractivity contribution in [2.75, 3.05) is 37.9 Å². The summed E-state index contributed by atoms with van der Waals surface area (Å²) < 4.78 is 5.40. The number of amides is 3. The molecule has 2 atom stereocenters. The summed E-state index contributed by atoms with van der Waals surface area (Å²) in [6.07, 6.45) is 3.73. The molecule has 0 aromatic rings. The Morgan fingerprint density at radius 3 is 2.06 bits per heavy atom. The van der Waals surface area contributed by atoms with Crippen LogP contribution in [0.1, 0.15) is 60.3 Å². The minimum absolute atomic E-state index is 0.0517. The fourth-order valence-corrected chi connectivity index (χ4v) is 3.81. The Balaban J connectivity index is 0.000000343. The third kappa shape index (κ3) is 9.83. The van der Waals surface area contributed by atoms with E-state index < -0.39 is 11.1 Å². The normalized spacial score (nSPS) is 25.5. The van der Waals surface area contributed by atoms with Gasteiger partial charge in [0.1, 0.15) is 17.4 Å². The molecule has 0 radical (unpaired) electrons. The van der Waals surface area contributed by atoms with E-state index in [9.17, 15) is 14.4 Å². The maximum absolute atomic E-state index is 12.2. The van der Waals surface area contributed by atoms with Crippen molar-refractivity contribution in [3.8, 4) is 0 Å². The molecular formula is C21H38Cl2N4O4. The van der Waals surface area contributed by atoms with Gasteiger partial charge in [-0.25, -0.2) is 4.79 Å². The van der Waals surface area contributed by atoms with Gasteiger partial charge in [-0.05, 0) is 66.8 Å². The highest BCUT2D eigenvalue weighted by molar-refractivity contribution is 6.27.